The first-order valence-corrected chi connectivity index (χ1v) is 8.25. The van der Waals surface area contributed by atoms with Gasteiger partial charge in [-0.15, -0.1) is 0 Å². The van der Waals surface area contributed by atoms with Gasteiger partial charge < -0.3 is 16.4 Å². The molecule has 0 spiro atoms. The normalized spacial score (nSPS) is 11.1. The van der Waals surface area contributed by atoms with Crippen LogP contribution in [-0.4, -0.2) is 32.8 Å². The van der Waals surface area contributed by atoms with Gasteiger partial charge in [0.05, 0.1) is 18.4 Å². The summed E-state index contributed by atoms with van der Waals surface area (Å²) in [5.41, 5.74) is 14.6. The van der Waals surface area contributed by atoms with Gasteiger partial charge in [0.2, 0.25) is 5.95 Å². The van der Waals surface area contributed by atoms with E-state index in [1.165, 1.54) is 0 Å². The molecule has 0 amide bonds. The first-order chi connectivity index (χ1) is 12.3. The molecule has 0 bridgehead atoms. The van der Waals surface area contributed by atoms with Crippen molar-refractivity contribution in [1.82, 2.24) is 19.9 Å². The standard InChI is InChI=1S/C18H21N7O/c1-10(2)15(26)11-4-6-13(7-5-11)25(3)9-12-8-21-17-14(22-12)16(19)23-18(20)24-17/h4-8,10H,9H2,1-3H3,(H4,19,20,21,23,24). The quantitative estimate of drug-likeness (QED) is 0.669. The molecular formula is C18H21N7O. The van der Waals surface area contributed by atoms with Crippen molar-refractivity contribution >= 4 is 34.4 Å². The third-order valence-corrected chi connectivity index (χ3v) is 4.02. The molecule has 0 aliphatic carbocycles. The number of hydrogen-bond acceptors (Lipinski definition) is 8. The summed E-state index contributed by atoms with van der Waals surface area (Å²) >= 11 is 0. The zero-order chi connectivity index (χ0) is 18.8. The first-order valence-electron chi connectivity index (χ1n) is 8.25. The molecule has 0 unspecified atom stereocenters. The number of benzene rings is 1. The maximum absolute atomic E-state index is 12.0. The molecule has 0 fully saturated rings. The maximum atomic E-state index is 12.0. The van der Waals surface area contributed by atoms with Gasteiger partial charge >= 0.3 is 0 Å². The minimum Gasteiger partial charge on any atom is -0.382 e. The third-order valence-electron chi connectivity index (χ3n) is 4.02. The molecule has 1 aromatic carbocycles. The molecule has 8 nitrogen and oxygen atoms in total. The van der Waals surface area contributed by atoms with Crippen LogP contribution in [0.3, 0.4) is 0 Å². The van der Waals surface area contributed by atoms with Crippen LogP contribution in [0.15, 0.2) is 30.5 Å². The van der Waals surface area contributed by atoms with E-state index < -0.39 is 0 Å². The van der Waals surface area contributed by atoms with Crippen LogP contribution < -0.4 is 16.4 Å². The Morgan fingerprint density at radius 2 is 1.81 bits per heavy atom. The lowest BCUT2D eigenvalue weighted by Gasteiger charge is -2.19. The second-order valence-electron chi connectivity index (χ2n) is 6.42. The van der Waals surface area contributed by atoms with Gasteiger partial charge in [-0.05, 0) is 24.3 Å². The summed E-state index contributed by atoms with van der Waals surface area (Å²) < 4.78 is 0. The number of rotatable bonds is 5. The van der Waals surface area contributed by atoms with Gasteiger partial charge in [0.1, 0.15) is 0 Å². The van der Waals surface area contributed by atoms with Crippen molar-refractivity contribution < 1.29 is 4.79 Å². The Labute approximate surface area is 151 Å². The number of Topliss-reactive ketones (excluding diaryl/α,β-unsaturated/α-hetero) is 1. The second-order valence-corrected chi connectivity index (χ2v) is 6.42. The third kappa shape index (κ3) is 3.53. The van der Waals surface area contributed by atoms with Gasteiger partial charge in [-0.3, -0.25) is 4.79 Å². The molecule has 0 aliphatic heterocycles. The van der Waals surface area contributed by atoms with Crippen molar-refractivity contribution in [3.05, 3.63) is 41.7 Å². The van der Waals surface area contributed by atoms with Gasteiger partial charge in [-0.25, -0.2) is 9.97 Å². The topological polar surface area (TPSA) is 124 Å². The van der Waals surface area contributed by atoms with Crippen molar-refractivity contribution in [2.45, 2.75) is 20.4 Å². The SMILES string of the molecule is CC(C)C(=O)c1ccc(N(C)Cc2cnc3nc(N)nc(N)c3n2)cc1. The van der Waals surface area contributed by atoms with E-state index in [4.69, 9.17) is 11.5 Å². The Morgan fingerprint density at radius 3 is 2.46 bits per heavy atom. The van der Waals surface area contributed by atoms with Crippen molar-refractivity contribution in [2.75, 3.05) is 23.4 Å². The number of anilines is 3. The number of ketones is 1. The lowest BCUT2D eigenvalue weighted by atomic mass is 10.0. The molecule has 0 aliphatic rings. The van der Waals surface area contributed by atoms with Gasteiger partial charge in [0.25, 0.3) is 0 Å². The fraction of sp³-hybridized carbons (Fsp3) is 0.278. The molecule has 3 rings (SSSR count). The van der Waals surface area contributed by atoms with E-state index in [2.05, 4.69) is 19.9 Å². The fourth-order valence-electron chi connectivity index (χ4n) is 2.61. The minimum atomic E-state index is -0.0202. The van der Waals surface area contributed by atoms with Crippen molar-refractivity contribution in [3.63, 3.8) is 0 Å². The molecule has 0 saturated carbocycles. The number of carbonyl (C=O) groups excluding carboxylic acids is 1. The largest absolute Gasteiger partial charge is 0.382 e. The monoisotopic (exact) mass is 351 g/mol. The van der Waals surface area contributed by atoms with E-state index >= 15 is 0 Å². The average Bonchev–Trinajstić information content (AvgIpc) is 2.61. The summed E-state index contributed by atoms with van der Waals surface area (Å²) in [6, 6.07) is 7.52. The van der Waals surface area contributed by atoms with Crippen molar-refractivity contribution in [3.8, 4) is 0 Å². The predicted octanol–water partition coefficient (Wildman–Crippen LogP) is 2.06. The molecule has 0 atom stereocenters. The van der Waals surface area contributed by atoms with Crippen LogP contribution in [-0.2, 0) is 6.54 Å². The summed E-state index contributed by atoms with van der Waals surface area (Å²) in [7, 11) is 1.94. The Kier molecular flexibility index (Phi) is 4.66. The van der Waals surface area contributed by atoms with E-state index in [9.17, 15) is 4.79 Å². The number of carbonyl (C=O) groups is 1. The van der Waals surface area contributed by atoms with Crippen LogP contribution >= 0.6 is 0 Å². The molecule has 2 aromatic heterocycles. The summed E-state index contributed by atoms with van der Waals surface area (Å²) in [6.07, 6.45) is 1.64. The zero-order valence-corrected chi connectivity index (χ0v) is 15.0. The molecule has 0 saturated heterocycles. The summed E-state index contributed by atoms with van der Waals surface area (Å²) in [5.74, 6) is 0.397. The van der Waals surface area contributed by atoms with Crippen LogP contribution in [0.4, 0.5) is 17.5 Å². The molecule has 3 aromatic rings. The Bertz CT molecular complexity index is 954. The Balaban J connectivity index is 1.80. The van der Waals surface area contributed by atoms with E-state index in [0.717, 1.165) is 11.4 Å². The number of hydrogen-bond donors (Lipinski definition) is 2. The molecular weight excluding hydrogens is 330 g/mol. The summed E-state index contributed by atoms with van der Waals surface area (Å²) in [5, 5.41) is 0. The number of aromatic nitrogens is 4. The van der Waals surface area contributed by atoms with Crippen LogP contribution in [0, 0.1) is 5.92 Å². The van der Waals surface area contributed by atoms with Crippen LogP contribution in [0.5, 0.6) is 0 Å². The number of nitrogens with zero attached hydrogens (tertiary/aromatic N) is 5. The molecule has 26 heavy (non-hydrogen) atoms. The highest BCUT2D eigenvalue weighted by Gasteiger charge is 2.12. The smallest absolute Gasteiger partial charge is 0.224 e. The number of nitrogens with two attached hydrogens (primary N) is 2. The van der Waals surface area contributed by atoms with E-state index in [1.54, 1.807) is 6.20 Å². The Morgan fingerprint density at radius 1 is 1.12 bits per heavy atom. The number of nitrogen functional groups attached to an aromatic ring is 2. The average molecular weight is 351 g/mol. The van der Waals surface area contributed by atoms with E-state index in [0.29, 0.717) is 23.3 Å². The highest BCUT2D eigenvalue weighted by Crippen LogP contribution is 2.19. The van der Waals surface area contributed by atoms with E-state index in [-0.39, 0.29) is 23.5 Å². The molecule has 8 heteroatoms. The summed E-state index contributed by atoms with van der Waals surface area (Å²) in [6.45, 7) is 4.30. The lowest BCUT2D eigenvalue weighted by Crippen LogP contribution is -2.18. The van der Waals surface area contributed by atoms with Crippen molar-refractivity contribution in [1.29, 1.82) is 0 Å². The molecule has 2 heterocycles. The first kappa shape index (κ1) is 17.5. The van der Waals surface area contributed by atoms with Crippen LogP contribution in [0.1, 0.15) is 29.9 Å². The van der Waals surface area contributed by atoms with Gasteiger partial charge in [0.15, 0.2) is 22.8 Å². The second kappa shape index (κ2) is 6.91. The number of fused-ring (bicyclic) bond motifs is 1. The molecule has 4 N–H and O–H groups in total. The van der Waals surface area contributed by atoms with E-state index in [1.807, 2.05) is 50.1 Å². The van der Waals surface area contributed by atoms with Gasteiger partial charge in [-0.2, -0.15) is 9.97 Å². The Hall–Kier alpha value is -3.29. The van der Waals surface area contributed by atoms with Crippen molar-refractivity contribution in [2.24, 2.45) is 5.92 Å². The minimum absolute atomic E-state index is 0.0202. The highest BCUT2D eigenvalue weighted by atomic mass is 16.1. The summed E-state index contributed by atoms with van der Waals surface area (Å²) in [4.78, 5) is 30.7. The molecule has 134 valence electrons. The van der Waals surface area contributed by atoms with Gasteiger partial charge in [0, 0.05) is 24.2 Å². The zero-order valence-electron chi connectivity index (χ0n) is 15.0. The predicted molar refractivity (Wildman–Crippen MR) is 102 cm³/mol. The van der Waals surface area contributed by atoms with Gasteiger partial charge in [-0.1, -0.05) is 13.8 Å². The highest BCUT2D eigenvalue weighted by molar-refractivity contribution is 5.97. The van der Waals surface area contributed by atoms with Crippen LogP contribution in [0.25, 0.3) is 11.2 Å². The maximum Gasteiger partial charge on any atom is 0.224 e. The lowest BCUT2D eigenvalue weighted by molar-refractivity contribution is 0.0939. The fourth-order valence-corrected chi connectivity index (χ4v) is 2.61. The van der Waals surface area contributed by atoms with Crippen LogP contribution in [0.2, 0.25) is 0 Å². The molecule has 0 radical (unpaired) electrons.